The minimum Gasteiger partial charge on any atom is -0.314 e. The minimum atomic E-state index is 0.755. The molecular formula is C15H14ClN3S. The number of aromatic nitrogens is 2. The predicted octanol–water partition coefficient (Wildman–Crippen LogP) is 3.86. The van der Waals surface area contributed by atoms with Crippen molar-refractivity contribution in [2.45, 2.75) is 16.5 Å². The zero-order chi connectivity index (χ0) is 13.9. The summed E-state index contributed by atoms with van der Waals surface area (Å²) in [6.45, 7) is 0.762. The maximum absolute atomic E-state index is 6.23. The molecule has 0 fully saturated rings. The topological polar surface area (TPSA) is 29.3 Å². The Hall–Kier alpha value is -1.49. The summed E-state index contributed by atoms with van der Waals surface area (Å²) in [5.74, 6) is 0. The zero-order valence-corrected chi connectivity index (χ0v) is 12.6. The number of halogens is 1. The summed E-state index contributed by atoms with van der Waals surface area (Å²) < 4.78 is 2.11. The number of hydrogen-bond acceptors (Lipinski definition) is 3. The smallest absolute Gasteiger partial charge is 0.138 e. The van der Waals surface area contributed by atoms with E-state index in [1.165, 1.54) is 0 Å². The highest BCUT2D eigenvalue weighted by Crippen LogP contribution is 2.34. The minimum absolute atomic E-state index is 0.755. The molecule has 20 heavy (non-hydrogen) atoms. The van der Waals surface area contributed by atoms with Crippen molar-refractivity contribution in [3.63, 3.8) is 0 Å². The Morgan fingerprint density at radius 3 is 2.80 bits per heavy atom. The van der Waals surface area contributed by atoms with Crippen molar-refractivity contribution >= 4 is 29.0 Å². The van der Waals surface area contributed by atoms with E-state index in [-0.39, 0.29) is 0 Å². The van der Waals surface area contributed by atoms with Gasteiger partial charge in [0.05, 0.1) is 10.7 Å². The van der Waals surface area contributed by atoms with Gasteiger partial charge in [-0.05, 0) is 31.3 Å². The van der Waals surface area contributed by atoms with Crippen LogP contribution in [0.25, 0.3) is 5.65 Å². The molecule has 1 aromatic carbocycles. The first kappa shape index (κ1) is 13.5. The average molecular weight is 304 g/mol. The lowest BCUT2D eigenvalue weighted by atomic mass is 10.4. The third-order valence-corrected chi connectivity index (χ3v) is 4.52. The van der Waals surface area contributed by atoms with Crippen LogP contribution in [-0.2, 0) is 6.54 Å². The summed E-state index contributed by atoms with van der Waals surface area (Å²) in [7, 11) is 1.94. The van der Waals surface area contributed by atoms with E-state index in [0.717, 1.165) is 32.8 Å². The summed E-state index contributed by atoms with van der Waals surface area (Å²) in [4.78, 5) is 5.72. The van der Waals surface area contributed by atoms with Crippen molar-refractivity contribution in [3.8, 4) is 0 Å². The van der Waals surface area contributed by atoms with Crippen LogP contribution in [0.1, 0.15) is 5.69 Å². The molecule has 0 aliphatic rings. The first-order valence-electron chi connectivity index (χ1n) is 6.32. The molecule has 5 heteroatoms. The van der Waals surface area contributed by atoms with Crippen molar-refractivity contribution in [1.29, 1.82) is 0 Å². The summed E-state index contributed by atoms with van der Waals surface area (Å²) in [5, 5.41) is 4.94. The molecule has 0 amide bonds. The molecule has 0 unspecified atom stereocenters. The fourth-order valence-electron chi connectivity index (χ4n) is 2.07. The molecule has 0 spiro atoms. The van der Waals surface area contributed by atoms with Gasteiger partial charge in [0.25, 0.3) is 0 Å². The Kier molecular flexibility index (Phi) is 3.96. The number of hydrogen-bond donors (Lipinski definition) is 1. The fraction of sp³-hybridized carbons (Fsp3) is 0.133. The highest BCUT2D eigenvalue weighted by atomic mass is 35.5. The average Bonchev–Trinajstić information content (AvgIpc) is 2.80. The predicted molar refractivity (Wildman–Crippen MR) is 83.5 cm³/mol. The van der Waals surface area contributed by atoms with E-state index in [1.807, 2.05) is 55.7 Å². The molecule has 102 valence electrons. The Bertz CT molecular complexity index is 739. The molecule has 2 aromatic heterocycles. The van der Waals surface area contributed by atoms with Gasteiger partial charge in [0.1, 0.15) is 10.7 Å². The Balaban J connectivity index is 2.06. The molecule has 0 saturated heterocycles. The third kappa shape index (κ3) is 2.54. The van der Waals surface area contributed by atoms with Gasteiger partial charge in [-0.25, -0.2) is 4.98 Å². The lowest BCUT2D eigenvalue weighted by molar-refractivity contribution is 0.764. The number of nitrogens with zero attached hydrogens (tertiary/aromatic N) is 2. The van der Waals surface area contributed by atoms with Gasteiger partial charge in [0, 0.05) is 17.6 Å². The summed E-state index contributed by atoms with van der Waals surface area (Å²) in [6, 6.07) is 13.9. The van der Waals surface area contributed by atoms with Crippen LogP contribution >= 0.6 is 23.4 Å². The molecular weight excluding hydrogens is 290 g/mol. The molecule has 1 N–H and O–H groups in total. The molecule has 3 nitrogen and oxygen atoms in total. The van der Waals surface area contributed by atoms with Gasteiger partial charge in [-0.1, -0.05) is 41.6 Å². The standard InChI is InChI=1S/C15H14ClN3S/c1-17-10-12-15(18-14-8-4-5-9-19(12)14)20-13-7-3-2-6-11(13)16/h2-9,17H,10H2,1H3. The molecule has 0 aliphatic carbocycles. The molecule has 2 heterocycles. The number of pyridine rings is 1. The highest BCUT2D eigenvalue weighted by molar-refractivity contribution is 7.99. The Labute approximate surface area is 127 Å². The van der Waals surface area contributed by atoms with Crippen molar-refractivity contribution in [2.24, 2.45) is 0 Å². The van der Waals surface area contributed by atoms with E-state index in [2.05, 4.69) is 9.72 Å². The zero-order valence-electron chi connectivity index (χ0n) is 11.0. The largest absolute Gasteiger partial charge is 0.314 e. The second-order valence-corrected chi connectivity index (χ2v) is 5.79. The lowest BCUT2D eigenvalue weighted by Gasteiger charge is -2.05. The van der Waals surface area contributed by atoms with Crippen LogP contribution in [0.4, 0.5) is 0 Å². The fourth-order valence-corrected chi connectivity index (χ4v) is 3.27. The van der Waals surface area contributed by atoms with Gasteiger partial charge in [-0.2, -0.15) is 0 Å². The second kappa shape index (κ2) is 5.87. The summed E-state index contributed by atoms with van der Waals surface area (Å²) in [6.07, 6.45) is 2.03. The lowest BCUT2D eigenvalue weighted by Crippen LogP contribution is -2.08. The van der Waals surface area contributed by atoms with E-state index < -0.39 is 0 Å². The van der Waals surface area contributed by atoms with E-state index in [0.29, 0.717) is 0 Å². The highest BCUT2D eigenvalue weighted by Gasteiger charge is 2.13. The van der Waals surface area contributed by atoms with Crippen LogP contribution in [0.15, 0.2) is 58.6 Å². The van der Waals surface area contributed by atoms with Crippen molar-refractivity contribution in [3.05, 3.63) is 59.4 Å². The number of benzene rings is 1. The molecule has 3 rings (SSSR count). The molecule has 0 radical (unpaired) electrons. The van der Waals surface area contributed by atoms with Crippen LogP contribution in [0.3, 0.4) is 0 Å². The Morgan fingerprint density at radius 1 is 1.20 bits per heavy atom. The van der Waals surface area contributed by atoms with Gasteiger partial charge in [-0.3, -0.25) is 0 Å². The second-order valence-electron chi connectivity index (χ2n) is 4.36. The SMILES string of the molecule is CNCc1c(Sc2ccccc2Cl)nc2ccccn12. The van der Waals surface area contributed by atoms with Gasteiger partial charge >= 0.3 is 0 Å². The normalized spacial score (nSPS) is 11.1. The van der Waals surface area contributed by atoms with E-state index in [4.69, 9.17) is 16.6 Å². The van der Waals surface area contributed by atoms with Gasteiger partial charge in [0.2, 0.25) is 0 Å². The van der Waals surface area contributed by atoms with E-state index >= 15 is 0 Å². The number of rotatable bonds is 4. The van der Waals surface area contributed by atoms with E-state index in [1.54, 1.807) is 11.8 Å². The summed E-state index contributed by atoms with van der Waals surface area (Å²) >= 11 is 7.83. The van der Waals surface area contributed by atoms with Gasteiger partial charge in [0.15, 0.2) is 0 Å². The van der Waals surface area contributed by atoms with Crippen molar-refractivity contribution < 1.29 is 0 Å². The van der Waals surface area contributed by atoms with Crippen molar-refractivity contribution in [2.75, 3.05) is 7.05 Å². The quantitative estimate of drug-likeness (QED) is 0.793. The molecule has 0 atom stereocenters. The first-order chi connectivity index (χ1) is 9.79. The summed E-state index contributed by atoms with van der Waals surface area (Å²) in [5.41, 5.74) is 2.10. The molecule has 3 aromatic rings. The van der Waals surface area contributed by atoms with Crippen LogP contribution in [-0.4, -0.2) is 16.4 Å². The van der Waals surface area contributed by atoms with Crippen LogP contribution in [0, 0.1) is 0 Å². The number of imidazole rings is 1. The van der Waals surface area contributed by atoms with Gasteiger partial charge < -0.3 is 9.72 Å². The molecule has 0 bridgehead atoms. The van der Waals surface area contributed by atoms with Crippen molar-refractivity contribution in [1.82, 2.24) is 14.7 Å². The van der Waals surface area contributed by atoms with Crippen LogP contribution in [0.2, 0.25) is 5.02 Å². The molecule has 0 saturated carbocycles. The van der Waals surface area contributed by atoms with Gasteiger partial charge in [-0.15, -0.1) is 0 Å². The van der Waals surface area contributed by atoms with E-state index in [9.17, 15) is 0 Å². The number of nitrogens with one attached hydrogen (secondary N) is 1. The van der Waals surface area contributed by atoms with Crippen LogP contribution in [0.5, 0.6) is 0 Å². The Morgan fingerprint density at radius 2 is 2.00 bits per heavy atom. The monoisotopic (exact) mass is 303 g/mol. The number of fused-ring (bicyclic) bond motifs is 1. The van der Waals surface area contributed by atoms with Crippen LogP contribution < -0.4 is 5.32 Å². The maximum atomic E-state index is 6.23. The molecule has 0 aliphatic heterocycles. The first-order valence-corrected chi connectivity index (χ1v) is 7.52. The third-order valence-electron chi connectivity index (χ3n) is 2.98. The maximum Gasteiger partial charge on any atom is 0.138 e.